The third kappa shape index (κ3) is 5.20. The molecule has 0 unspecified atom stereocenters. The van der Waals surface area contributed by atoms with E-state index in [1.54, 1.807) is 6.92 Å². The van der Waals surface area contributed by atoms with Crippen molar-refractivity contribution < 1.29 is 18.8 Å². The maximum absolute atomic E-state index is 12.7. The first-order valence-electron chi connectivity index (χ1n) is 8.77. The SMILES string of the molecule is CCOCCn1c(C=O)nc2ccc(C)cc21.Cc1ccc([N+](=O)[O-])c(F)c1. The minimum Gasteiger partial charge on any atom is -0.380 e. The summed E-state index contributed by atoms with van der Waals surface area (Å²) >= 11 is 0. The van der Waals surface area contributed by atoms with Gasteiger partial charge in [-0.1, -0.05) is 12.1 Å². The fourth-order valence-electron chi connectivity index (χ4n) is 2.64. The van der Waals surface area contributed by atoms with Gasteiger partial charge in [-0.15, -0.1) is 0 Å². The van der Waals surface area contributed by atoms with Gasteiger partial charge in [-0.05, 0) is 50.1 Å². The highest BCUT2D eigenvalue weighted by atomic mass is 19.1. The third-order valence-electron chi connectivity index (χ3n) is 4.00. The molecular weight excluding hydrogens is 365 g/mol. The van der Waals surface area contributed by atoms with Crippen molar-refractivity contribution in [1.82, 2.24) is 9.55 Å². The van der Waals surface area contributed by atoms with Gasteiger partial charge in [0.25, 0.3) is 0 Å². The van der Waals surface area contributed by atoms with Crippen LogP contribution in [-0.4, -0.2) is 34.0 Å². The fraction of sp³-hybridized carbons (Fsp3) is 0.300. The van der Waals surface area contributed by atoms with Crippen LogP contribution in [0.2, 0.25) is 0 Å². The lowest BCUT2D eigenvalue weighted by molar-refractivity contribution is -0.387. The van der Waals surface area contributed by atoms with Crippen molar-refractivity contribution in [1.29, 1.82) is 0 Å². The molecule has 8 heteroatoms. The van der Waals surface area contributed by atoms with Gasteiger partial charge in [-0.3, -0.25) is 14.9 Å². The normalized spacial score (nSPS) is 10.4. The van der Waals surface area contributed by atoms with E-state index in [0.717, 1.165) is 35.0 Å². The number of hydrogen-bond donors (Lipinski definition) is 0. The number of fused-ring (bicyclic) bond motifs is 1. The van der Waals surface area contributed by atoms with Crippen LogP contribution in [0.1, 0.15) is 28.7 Å². The second kappa shape index (κ2) is 9.70. The molecule has 28 heavy (non-hydrogen) atoms. The molecule has 1 heterocycles. The van der Waals surface area contributed by atoms with Crippen molar-refractivity contribution in [2.45, 2.75) is 27.3 Å². The van der Waals surface area contributed by atoms with E-state index < -0.39 is 16.4 Å². The number of nitro benzene ring substituents is 1. The zero-order valence-electron chi connectivity index (χ0n) is 16.0. The Morgan fingerprint density at radius 3 is 2.50 bits per heavy atom. The average molecular weight is 387 g/mol. The maximum Gasteiger partial charge on any atom is 0.304 e. The van der Waals surface area contributed by atoms with Crippen LogP contribution in [0.15, 0.2) is 36.4 Å². The lowest BCUT2D eigenvalue weighted by atomic mass is 10.2. The van der Waals surface area contributed by atoms with E-state index in [-0.39, 0.29) is 0 Å². The van der Waals surface area contributed by atoms with Crippen molar-refractivity contribution in [3.63, 3.8) is 0 Å². The van der Waals surface area contributed by atoms with E-state index in [1.807, 2.05) is 36.6 Å². The smallest absolute Gasteiger partial charge is 0.304 e. The molecule has 0 N–H and O–H groups in total. The second-order valence-corrected chi connectivity index (χ2v) is 6.14. The van der Waals surface area contributed by atoms with Gasteiger partial charge < -0.3 is 9.30 Å². The van der Waals surface area contributed by atoms with Crippen molar-refractivity contribution in [2.75, 3.05) is 13.2 Å². The number of imidazole rings is 1. The predicted molar refractivity (Wildman–Crippen MR) is 104 cm³/mol. The Morgan fingerprint density at radius 2 is 1.89 bits per heavy atom. The largest absolute Gasteiger partial charge is 0.380 e. The quantitative estimate of drug-likeness (QED) is 0.273. The minimum atomic E-state index is -0.782. The van der Waals surface area contributed by atoms with Crippen LogP contribution in [0, 0.1) is 29.8 Å². The predicted octanol–water partition coefficient (Wildman–Crippen LogP) is 4.24. The Balaban J connectivity index is 0.000000221. The summed E-state index contributed by atoms with van der Waals surface area (Å²) in [6.45, 7) is 7.59. The number of benzene rings is 2. The van der Waals surface area contributed by atoms with Crippen LogP contribution < -0.4 is 0 Å². The number of halogens is 1. The number of aromatic nitrogens is 2. The highest BCUT2D eigenvalue weighted by Gasteiger charge is 2.12. The van der Waals surface area contributed by atoms with Gasteiger partial charge in [0.15, 0.2) is 12.1 Å². The molecule has 2 aromatic carbocycles. The van der Waals surface area contributed by atoms with Crippen LogP contribution in [0.4, 0.5) is 10.1 Å². The first kappa shape index (κ1) is 21.2. The Kier molecular flexibility index (Phi) is 7.34. The number of hydrogen-bond acceptors (Lipinski definition) is 5. The van der Waals surface area contributed by atoms with Gasteiger partial charge >= 0.3 is 5.69 Å². The molecule has 0 atom stereocenters. The lowest BCUT2D eigenvalue weighted by Crippen LogP contribution is -2.09. The number of aryl methyl sites for hydroxylation is 2. The lowest BCUT2D eigenvalue weighted by Gasteiger charge is -2.06. The van der Waals surface area contributed by atoms with Crippen LogP contribution in [0.5, 0.6) is 0 Å². The summed E-state index contributed by atoms with van der Waals surface area (Å²) in [5.74, 6) is -0.319. The number of nitrogens with zero attached hydrogens (tertiary/aromatic N) is 3. The molecule has 0 aliphatic carbocycles. The third-order valence-corrected chi connectivity index (χ3v) is 4.00. The zero-order valence-corrected chi connectivity index (χ0v) is 16.0. The molecule has 0 saturated heterocycles. The number of carbonyl (C=O) groups is 1. The zero-order chi connectivity index (χ0) is 20.7. The fourth-order valence-corrected chi connectivity index (χ4v) is 2.64. The maximum atomic E-state index is 12.7. The van der Waals surface area contributed by atoms with Crippen molar-refractivity contribution in [2.24, 2.45) is 0 Å². The van der Waals surface area contributed by atoms with Crippen molar-refractivity contribution in [3.05, 3.63) is 69.3 Å². The van der Waals surface area contributed by atoms with E-state index in [4.69, 9.17) is 4.74 Å². The molecule has 3 aromatic rings. The molecule has 1 aromatic heterocycles. The highest BCUT2D eigenvalue weighted by molar-refractivity contribution is 5.83. The first-order valence-corrected chi connectivity index (χ1v) is 8.77. The number of ether oxygens (including phenoxy) is 1. The van der Waals surface area contributed by atoms with Gasteiger partial charge in [-0.2, -0.15) is 4.39 Å². The molecule has 0 fully saturated rings. The molecule has 3 rings (SSSR count). The standard InChI is InChI=1S/C13H16N2O2.C7H6FNO2/c1-3-17-7-6-15-12-8-10(2)4-5-11(12)14-13(15)9-16;1-5-2-3-7(9(10)11)6(8)4-5/h4-5,8-9H,3,6-7H2,1-2H3;2-4H,1H3. The monoisotopic (exact) mass is 387 g/mol. The highest BCUT2D eigenvalue weighted by Crippen LogP contribution is 2.18. The van der Waals surface area contributed by atoms with E-state index in [1.165, 1.54) is 6.07 Å². The van der Waals surface area contributed by atoms with Crippen LogP contribution >= 0.6 is 0 Å². The van der Waals surface area contributed by atoms with Crippen molar-refractivity contribution >= 4 is 23.0 Å². The molecule has 0 aliphatic rings. The Hall–Kier alpha value is -3.13. The van der Waals surface area contributed by atoms with Gasteiger partial charge in [0, 0.05) is 19.2 Å². The van der Waals surface area contributed by atoms with E-state index >= 15 is 0 Å². The summed E-state index contributed by atoms with van der Waals surface area (Å²) in [5, 5.41) is 10.1. The summed E-state index contributed by atoms with van der Waals surface area (Å²) in [4.78, 5) is 24.6. The van der Waals surface area contributed by atoms with E-state index in [9.17, 15) is 19.3 Å². The number of rotatable bonds is 6. The van der Waals surface area contributed by atoms with Crippen LogP contribution in [0.25, 0.3) is 11.0 Å². The molecule has 0 spiro atoms. The molecule has 148 valence electrons. The number of aldehydes is 1. The molecule has 0 saturated carbocycles. The molecule has 0 bridgehead atoms. The molecular formula is C20H22FN3O4. The first-order chi connectivity index (χ1) is 13.4. The number of nitro groups is 1. The van der Waals surface area contributed by atoms with Gasteiger partial charge in [0.1, 0.15) is 0 Å². The van der Waals surface area contributed by atoms with Gasteiger partial charge in [0.2, 0.25) is 5.82 Å². The Morgan fingerprint density at radius 1 is 1.21 bits per heavy atom. The molecule has 0 amide bonds. The molecule has 0 radical (unpaired) electrons. The van der Waals surface area contributed by atoms with Gasteiger partial charge in [0.05, 0.1) is 22.6 Å². The summed E-state index contributed by atoms with van der Waals surface area (Å²) in [5.41, 5.74) is 3.21. The van der Waals surface area contributed by atoms with Crippen molar-refractivity contribution in [3.8, 4) is 0 Å². The average Bonchev–Trinajstić information content (AvgIpc) is 2.99. The van der Waals surface area contributed by atoms with Crippen LogP contribution in [-0.2, 0) is 11.3 Å². The summed E-state index contributed by atoms with van der Waals surface area (Å²) < 4.78 is 19.9. The summed E-state index contributed by atoms with van der Waals surface area (Å²) in [6.07, 6.45) is 0.793. The Labute approximate surface area is 161 Å². The minimum absolute atomic E-state index is 0.463. The second-order valence-electron chi connectivity index (χ2n) is 6.14. The number of carbonyl (C=O) groups excluding carboxylic acids is 1. The van der Waals surface area contributed by atoms with Gasteiger partial charge in [-0.25, -0.2) is 4.98 Å². The van der Waals surface area contributed by atoms with Crippen LogP contribution in [0.3, 0.4) is 0 Å². The summed E-state index contributed by atoms with van der Waals surface area (Å²) in [7, 11) is 0. The van der Waals surface area contributed by atoms with E-state index in [2.05, 4.69) is 4.98 Å². The molecule has 0 aliphatic heterocycles. The Bertz CT molecular complexity index is 985. The van der Waals surface area contributed by atoms with E-state index in [0.29, 0.717) is 31.1 Å². The topological polar surface area (TPSA) is 87.3 Å². The summed E-state index contributed by atoms with van der Waals surface area (Å²) in [6, 6.07) is 9.77. The molecule has 7 nitrogen and oxygen atoms in total.